The third kappa shape index (κ3) is 1.02. The molecule has 0 spiro atoms. The first kappa shape index (κ1) is 9.34. The predicted molar refractivity (Wildman–Crippen MR) is 50.2 cm³/mol. The fraction of sp³-hybridized carbons (Fsp3) is 0.273. The SMILES string of the molecule is C=C1c2ccccc2C(OC)C1(F)F. The highest BCUT2D eigenvalue weighted by molar-refractivity contribution is 5.77. The predicted octanol–water partition coefficient (Wildman–Crippen LogP) is 3.04. The Bertz CT molecular complexity index is 385. The van der Waals surface area contributed by atoms with E-state index in [2.05, 4.69) is 6.58 Å². The van der Waals surface area contributed by atoms with Crippen LogP contribution in [0.25, 0.3) is 5.57 Å². The van der Waals surface area contributed by atoms with E-state index >= 15 is 0 Å². The molecule has 2 rings (SSSR count). The largest absolute Gasteiger partial charge is 0.370 e. The molecule has 1 nitrogen and oxygen atoms in total. The Labute approximate surface area is 81.0 Å². The average Bonchev–Trinajstić information content (AvgIpc) is 2.36. The molecule has 1 aromatic carbocycles. The van der Waals surface area contributed by atoms with E-state index in [0.717, 1.165) is 0 Å². The van der Waals surface area contributed by atoms with Crippen LogP contribution in [0.2, 0.25) is 0 Å². The third-order valence-electron chi connectivity index (χ3n) is 2.54. The van der Waals surface area contributed by atoms with Crippen LogP contribution in [-0.2, 0) is 4.74 Å². The Morgan fingerprint density at radius 1 is 1.36 bits per heavy atom. The Hall–Kier alpha value is -1.22. The van der Waals surface area contributed by atoms with Crippen LogP contribution in [0.3, 0.4) is 0 Å². The highest BCUT2D eigenvalue weighted by Crippen LogP contribution is 2.51. The minimum absolute atomic E-state index is 0.153. The lowest BCUT2D eigenvalue weighted by molar-refractivity contribution is -0.0767. The second-order valence-corrected chi connectivity index (χ2v) is 3.30. The molecule has 0 heterocycles. The highest BCUT2D eigenvalue weighted by atomic mass is 19.3. The molecule has 1 aliphatic rings. The average molecular weight is 196 g/mol. The maximum atomic E-state index is 13.6. The van der Waals surface area contributed by atoms with Crippen LogP contribution >= 0.6 is 0 Å². The van der Waals surface area contributed by atoms with Gasteiger partial charge >= 0.3 is 5.92 Å². The van der Waals surface area contributed by atoms with E-state index in [9.17, 15) is 8.78 Å². The molecular weight excluding hydrogens is 186 g/mol. The van der Waals surface area contributed by atoms with E-state index in [1.165, 1.54) is 7.11 Å². The van der Waals surface area contributed by atoms with E-state index in [-0.39, 0.29) is 5.57 Å². The number of halogens is 2. The fourth-order valence-electron chi connectivity index (χ4n) is 1.81. The zero-order chi connectivity index (χ0) is 10.3. The highest BCUT2D eigenvalue weighted by Gasteiger charge is 2.51. The van der Waals surface area contributed by atoms with Crippen molar-refractivity contribution in [3.63, 3.8) is 0 Å². The number of ether oxygens (including phenoxy) is 1. The van der Waals surface area contributed by atoms with Gasteiger partial charge in [-0.1, -0.05) is 30.8 Å². The molecule has 0 radical (unpaired) electrons. The Balaban J connectivity index is 2.61. The number of fused-ring (bicyclic) bond motifs is 1. The van der Waals surface area contributed by atoms with Crippen molar-refractivity contribution < 1.29 is 13.5 Å². The smallest absolute Gasteiger partial charge is 0.302 e. The van der Waals surface area contributed by atoms with Gasteiger partial charge in [-0.15, -0.1) is 0 Å². The van der Waals surface area contributed by atoms with Gasteiger partial charge < -0.3 is 4.74 Å². The number of alkyl halides is 2. The van der Waals surface area contributed by atoms with Gasteiger partial charge in [-0.05, 0) is 11.1 Å². The molecular formula is C11H10F2O. The number of hydrogen-bond acceptors (Lipinski definition) is 1. The zero-order valence-electron chi connectivity index (χ0n) is 7.76. The lowest BCUT2D eigenvalue weighted by Crippen LogP contribution is -2.22. The summed E-state index contributed by atoms with van der Waals surface area (Å²) in [4.78, 5) is 0. The summed E-state index contributed by atoms with van der Waals surface area (Å²) in [5.41, 5.74) is 0.870. The molecule has 1 unspecified atom stereocenters. The molecule has 1 atom stereocenters. The molecule has 1 aliphatic carbocycles. The number of rotatable bonds is 1. The molecule has 74 valence electrons. The summed E-state index contributed by atoms with van der Waals surface area (Å²) in [5, 5.41) is 0. The molecule has 1 aromatic rings. The monoisotopic (exact) mass is 196 g/mol. The second-order valence-electron chi connectivity index (χ2n) is 3.30. The summed E-state index contributed by atoms with van der Waals surface area (Å²) in [6, 6.07) is 6.73. The quantitative estimate of drug-likeness (QED) is 0.670. The van der Waals surface area contributed by atoms with Gasteiger partial charge in [0.15, 0.2) is 6.10 Å². The van der Waals surface area contributed by atoms with Crippen molar-refractivity contribution >= 4 is 5.57 Å². The van der Waals surface area contributed by atoms with Gasteiger partial charge in [-0.25, -0.2) is 0 Å². The van der Waals surface area contributed by atoms with Crippen LogP contribution in [0.1, 0.15) is 17.2 Å². The summed E-state index contributed by atoms with van der Waals surface area (Å²) in [6.07, 6.45) is -1.19. The van der Waals surface area contributed by atoms with Crippen molar-refractivity contribution in [3.8, 4) is 0 Å². The van der Waals surface area contributed by atoms with Gasteiger partial charge in [-0.2, -0.15) is 8.78 Å². The minimum atomic E-state index is -2.99. The lowest BCUT2D eigenvalue weighted by atomic mass is 10.1. The molecule has 0 aliphatic heterocycles. The standard InChI is InChI=1S/C11H10F2O/c1-7-8-5-3-4-6-9(8)10(14-2)11(7,12)13/h3-6,10H,1H2,2H3. The first-order valence-corrected chi connectivity index (χ1v) is 4.28. The van der Waals surface area contributed by atoms with Gasteiger partial charge in [0.25, 0.3) is 0 Å². The van der Waals surface area contributed by atoms with E-state index in [4.69, 9.17) is 4.74 Å². The van der Waals surface area contributed by atoms with Crippen LogP contribution in [0, 0.1) is 0 Å². The molecule has 0 aromatic heterocycles. The van der Waals surface area contributed by atoms with Crippen molar-refractivity contribution in [3.05, 3.63) is 42.0 Å². The molecule has 0 saturated heterocycles. The first-order valence-electron chi connectivity index (χ1n) is 4.28. The zero-order valence-corrected chi connectivity index (χ0v) is 7.76. The summed E-state index contributed by atoms with van der Waals surface area (Å²) in [7, 11) is 1.29. The maximum Gasteiger partial charge on any atom is 0.302 e. The fourth-order valence-corrected chi connectivity index (χ4v) is 1.81. The topological polar surface area (TPSA) is 9.23 Å². The van der Waals surface area contributed by atoms with Gasteiger partial charge in [0.2, 0.25) is 0 Å². The Kier molecular flexibility index (Phi) is 1.93. The van der Waals surface area contributed by atoms with Gasteiger partial charge in [-0.3, -0.25) is 0 Å². The summed E-state index contributed by atoms with van der Waals surface area (Å²) in [5.74, 6) is -2.99. The lowest BCUT2D eigenvalue weighted by Gasteiger charge is -2.18. The first-order chi connectivity index (χ1) is 6.59. The maximum absolute atomic E-state index is 13.6. The third-order valence-corrected chi connectivity index (χ3v) is 2.54. The summed E-state index contributed by atoms with van der Waals surface area (Å²) < 4.78 is 32.0. The van der Waals surface area contributed by atoms with Crippen molar-refractivity contribution in [1.82, 2.24) is 0 Å². The van der Waals surface area contributed by atoms with Gasteiger partial charge in [0.05, 0.1) is 0 Å². The van der Waals surface area contributed by atoms with Crippen LogP contribution in [0.15, 0.2) is 30.8 Å². The van der Waals surface area contributed by atoms with Gasteiger partial charge in [0, 0.05) is 12.7 Å². The van der Waals surface area contributed by atoms with E-state index in [0.29, 0.717) is 11.1 Å². The van der Waals surface area contributed by atoms with Crippen molar-refractivity contribution in [1.29, 1.82) is 0 Å². The van der Waals surface area contributed by atoms with Crippen molar-refractivity contribution in [2.75, 3.05) is 7.11 Å². The minimum Gasteiger partial charge on any atom is -0.370 e. The number of benzene rings is 1. The molecule has 14 heavy (non-hydrogen) atoms. The second kappa shape index (κ2) is 2.89. The van der Waals surface area contributed by atoms with Crippen LogP contribution in [-0.4, -0.2) is 13.0 Å². The Morgan fingerprint density at radius 2 is 2.00 bits per heavy atom. The molecule has 0 saturated carbocycles. The molecule has 3 heteroatoms. The van der Waals surface area contributed by atoms with E-state index < -0.39 is 12.0 Å². The molecule has 0 amide bonds. The van der Waals surface area contributed by atoms with Crippen molar-refractivity contribution in [2.45, 2.75) is 12.0 Å². The van der Waals surface area contributed by atoms with Gasteiger partial charge in [0.1, 0.15) is 0 Å². The van der Waals surface area contributed by atoms with Crippen LogP contribution in [0.4, 0.5) is 8.78 Å². The van der Waals surface area contributed by atoms with Crippen LogP contribution in [0.5, 0.6) is 0 Å². The molecule has 0 N–H and O–H groups in total. The summed E-state index contributed by atoms with van der Waals surface area (Å²) in [6.45, 7) is 3.42. The summed E-state index contributed by atoms with van der Waals surface area (Å²) >= 11 is 0. The molecule has 0 bridgehead atoms. The van der Waals surface area contributed by atoms with E-state index in [1.807, 2.05) is 0 Å². The normalized spacial score (nSPS) is 23.6. The van der Waals surface area contributed by atoms with Crippen molar-refractivity contribution in [2.24, 2.45) is 0 Å². The Morgan fingerprint density at radius 3 is 2.64 bits per heavy atom. The number of methoxy groups -OCH3 is 1. The number of hydrogen-bond donors (Lipinski definition) is 0. The van der Waals surface area contributed by atoms with Crippen LogP contribution < -0.4 is 0 Å². The van der Waals surface area contributed by atoms with E-state index in [1.54, 1.807) is 24.3 Å². The molecule has 0 fully saturated rings.